The van der Waals surface area contributed by atoms with Crippen LogP contribution in [0.1, 0.15) is 51.2 Å². The summed E-state index contributed by atoms with van der Waals surface area (Å²) in [6, 6.07) is 5.16. The van der Waals surface area contributed by atoms with Crippen LogP contribution >= 0.6 is 0 Å². The van der Waals surface area contributed by atoms with Gasteiger partial charge in [0.1, 0.15) is 5.75 Å². The topological polar surface area (TPSA) is 62.1 Å². The van der Waals surface area contributed by atoms with E-state index in [1.807, 2.05) is 34.6 Å². The van der Waals surface area contributed by atoms with Crippen LogP contribution in [0.25, 0.3) is 0 Å². The molecule has 0 spiro atoms. The van der Waals surface area contributed by atoms with E-state index in [-0.39, 0.29) is 28.5 Å². The number of hydrogen-bond donors (Lipinski definition) is 1. The Morgan fingerprint density at radius 2 is 1.93 bits per heavy atom. The number of amides is 1. The van der Waals surface area contributed by atoms with Crippen molar-refractivity contribution in [1.29, 1.82) is 0 Å². The van der Waals surface area contributed by atoms with Crippen LogP contribution in [-0.4, -0.2) is 40.2 Å². The van der Waals surface area contributed by atoms with E-state index in [9.17, 15) is 23.1 Å². The summed E-state index contributed by atoms with van der Waals surface area (Å²) >= 11 is 0. The van der Waals surface area contributed by atoms with Gasteiger partial charge in [0.05, 0.1) is 5.92 Å². The third-order valence-corrected chi connectivity index (χ3v) is 6.43. The molecule has 0 aromatic heterocycles. The summed E-state index contributed by atoms with van der Waals surface area (Å²) in [5, 5.41) is 15.0. The highest BCUT2D eigenvalue weighted by molar-refractivity contribution is 5.93. The number of nitrogens with zero attached hydrogens (tertiary/aromatic N) is 2. The summed E-state index contributed by atoms with van der Waals surface area (Å²) in [5.74, 6) is -1.93. The van der Waals surface area contributed by atoms with Crippen molar-refractivity contribution in [3.05, 3.63) is 29.3 Å². The van der Waals surface area contributed by atoms with E-state index in [2.05, 4.69) is 5.10 Å². The van der Waals surface area contributed by atoms with Gasteiger partial charge >= 0.3 is 6.18 Å². The van der Waals surface area contributed by atoms with Gasteiger partial charge in [0.25, 0.3) is 11.6 Å². The molecular formula is C22H29F3N2O3. The number of hydrazone groups is 1. The van der Waals surface area contributed by atoms with E-state index in [1.165, 1.54) is 0 Å². The number of alkyl halides is 3. The zero-order valence-electron chi connectivity index (χ0n) is 18.0. The van der Waals surface area contributed by atoms with Crippen molar-refractivity contribution >= 4 is 11.6 Å². The van der Waals surface area contributed by atoms with Crippen molar-refractivity contribution < 1.29 is 27.8 Å². The van der Waals surface area contributed by atoms with Gasteiger partial charge in [-0.15, -0.1) is 0 Å². The standard InChI is InChI=1S/C22H29F3N2O3/c1-13-6-8-16(10-14(13)2)30-12-19(28)27-21(29,22(23,24)25)17-11-15(20(3,4)5)7-9-18(17)26-27/h6,8,10,15,17,29H,7,9,11-12H2,1-5H3/t15-,17+,21+/m0/s1. The SMILES string of the molecule is Cc1ccc(OCC(=O)N2N=C3CC[C@H](C(C)(C)C)C[C@H]3[C@@]2(O)C(F)(F)F)cc1C. The van der Waals surface area contributed by atoms with Crippen molar-refractivity contribution in [2.45, 2.75) is 65.8 Å². The number of benzene rings is 1. The number of aliphatic hydroxyl groups is 1. The molecule has 1 aliphatic heterocycles. The summed E-state index contributed by atoms with van der Waals surface area (Å²) < 4.78 is 47.6. The Kier molecular flexibility index (Phi) is 5.69. The number of carbonyl (C=O) groups excluding carboxylic acids is 1. The second-order valence-electron chi connectivity index (χ2n) is 9.45. The lowest BCUT2D eigenvalue weighted by Crippen LogP contribution is -2.62. The molecule has 1 N–H and O–H groups in total. The minimum absolute atomic E-state index is 0.0165. The Hall–Kier alpha value is -2.09. The van der Waals surface area contributed by atoms with Crippen molar-refractivity contribution in [3.63, 3.8) is 0 Å². The lowest BCUT2D eigenvalue weighted by atomic mass is 9.66. The molecule has 0 saturated heterocycles. The van der Waals surface area contributed by atoms with Crippen LogP contribution in [0.15, 0.2) is 23.3 Å². The minimum atomic E-state index is -5.04. The molecule has 0 radical (unpaired) electrons. The largest absolute Gasteiger partial charge is 0.484 e. The van der Waals surface area contributed by atoms with Crippen LogP contribution in [-0.2, 0) is 4.79 Å². The van der Waals surface area contributed by atoms with Gasteiger partial charge in [-0.2, -0.15) is 23.3 Å². The average molecular weight is 426 g/mol. The first-order chi connectivity index (χ1) is 13.7. The molecule has 30 heavy (non-hydrogen) atoms. The molecular weight excluding hydrogens is 397 g/mol. The van der Waals surface area contributed by atoms with Crippen LogP contribution in [0.3, 0.4) is 0 Å². The fraction of sp³-hybridized carbons (Fsp3) is 0.636. The second kappa shape index (κ2) is 7.55. The molecule has 1 aromatic rings. The predicted molar refractivity (Wildman–Crippen MR) is 107 cm³/mol. The van der Waals surface area contributed by atoms with Crippen LogP contribution < -0.4 is 4.74 Å². The number of ether oxygens (including phenoxy) is 1. The van der Waals surface area contributed by atoms with Crippen molar-refractivity contribution in [2.75, 3.05) is 6.61 Å². The Morgan fingerprint density at radius 3 is 2.50 bits per heavy atom. The number of rotatable bonds is 3. The smallest absolute Gasteiger partial charge is 0.439 e. The molecule has 1 aromatic carbocycles. The summed E-state index contributed by atoms with van der Waals surface area (Å²) in [6.45, 7) is 9.06. The van der Waals surface area contributed by atoms with Crippen LogP contribution in [0.5, 0.6) is 5.75 Å². The lowest BCUT2D eigenvalue weighted by Gasteiger charge is -2.42. The van der Waals surface area contributed by atoms with Gasteiger partial charge in [-0.05, 0) is 67.7 Å². The fourth-order valence-corrected chi connectivity index (χ4v) is 4.26. The second-order valence-corrected chi connectivity index (χ2v) is 9.45. The molecule has 3 rings (SSSR count). The number of fused-ring (bicyclic) bond motifs is 1. The Morgan fingerprint density at radius 1 is 1.27 bits per heavy atom. The molecule has 1 fully saturated rings. The minimum Gasteiger partial charge on any atom is -0.484 e. The summed E-state index contributed by atoms with van der Waals surface area (Å²) in [7, 11) is 0. The summed E-state index contributed by atoms with van der Waals surface area (Å²) in [4.78, 5) is 12.7. The third kappa shape index (κ3) is 3.94. The molecule has 0 unspecified atom stereocenters. The lowest BCUT2D eigenvalue weighted by molar-refractivity contribution is -0.318. The number of hydrogen-bond acceptors (Lipinski definition) is 4. The number of halogens is 3. The number of carbonyl (C=O) groups is 1. The molecule has 1 amide bonds. The van der Waals surface area contributed by atoms with Crippen molar-refractivity contribution in [2.24, 2.45) is 22.4 Å². The number of aryl methyl sites for hydroxylation is 2. The maximum atomic E-state index is 14.1. The third-order valence-electron chi connectivity index (χ3n) is 6.43. The van der Waals surface area contributed by atoms with E-state index < -0.39 is 30.3 Å². The monoisotopic (exact) mass is 426 g/mol. The quantitative estimate of drug-likeness (QED) is 0.769. The molecule has 2 aliphatic rings. The van der Waals surface area contributed by atoms with Gasteiger partial charge < -0.3 is 9.84 Å². The van der Waals surface area contributed by atoms with E-state index in [4.69, 9.17) is 4.74 Å². The summed E-state index contributed by atoms with van der Waals surface area (Å²) in [6.07, 6.45) is -3.92. The van der Waals surface area contributed by atoms with Gasteiger partial charge in [-0.1, -0.05) is 26.8 Å². The van der Waals surface area contributed by atoms with E-state index in [1.54, 1.807) is 18.2 Å². The maximum Gasteiger partial charge on any atom is 0.439 e. The van der Waals surface area contributed by atoms with E-state index in [0.29, 0.717) is 18.6 Å². The van der Waals surface area contributed by atoms with E-state index in [0.717, 1.165) is 11.1 Å². The van der Waals surface area contributed by atoms with Gasteiger partial charge in [0.2, 0.25) is 0 Å². The maximum absolute atomic E-state index is 14.1. The molecule has 1 aliphatic carbocycles. The van der Waals surface area contributed by atoms with Gasteiger partial charge in [-0.25, -0.2) is 0 Å². The first kappa shape index (κ1) is 22.6. The molecule has 1 saturated carbocycles. The molecule has 166 valence electrons. The summed E-state index contributed by atoms with van der Waals surface area (Å²) in [5.41, 5.74) is -1.36. The fourth-order valence-electron chi connectivity index (χ4n) is 4.26. The van der Waals surface area contributed by atoms with Gasteiger partial charge in [0, 0.05) is 5.71 Å². The molecule has 1 heterocycles. The highest BCUT2D eigenvalue weighted by atomic mass is 19.4. The molecule has 5 nitrogen and oxygen atoms in total. The van der Waals surface area contributed by atoms with Gasteiger partial charge in [0.15, 0.2) is 6.61 Å². The Labute approximate surface area is 174 Å². The van der Waals surface area contributed by atoms with Crippen molar-refractivity contribution in [1.82, 2.24) is 5.01 Å². The predicted octanol–water partition coefficient (Wildman–Crippen LogP) is 4.59. The molecule has 8 heteroatoms. The zero-order valence-corrected chi connectivity index (χ0v) is 18.0. The Balaban J connectivity index is 1.83. The average Bonchev–Trinajstić information content (AvgIpc) is 2.95. The molecule has 3 atom stereocenters. The highest BCUT2D eigenvalue weighted by Crippen LogP contribution is 2.51. The van der Waals surface area contributed by atoms with Crippen molar-refractivity contribution in [3.8, 4) is 5.75 Å². The highest BCUT2D eigenvalue weighted by Gasteiger charge is 2.69. The normalized spacial score (nSPS) is 27.0. The molecule has 0 bridgehead atoms. The Bertz CT molecular complexity index is 860. The zero-order chi connectivity index (χ0) is 22.5. The van der Waals surface area contributed by atoms with Crippen LogP contribution in [0.2, 0.25) is 0 Å². The first-order valence-electron chi connectivity index (χ1n) is 10.1. The van der Waals surface area contributed by atoms with E-state index >= 15 is 0 Å². The van der Waals surface area contributed by atoms with Crippen LogP contribution in [0, 0.1) is 31.1 Å². The van der Waals surface area contributed by atoms with Gasteiger partial charge in [-0.3, -0.25) is 4.79 Å². The van der Waals surface area contributed by atoms with Crippen LogP contribution in [0.4, 0.5) is 13.2 Å². The first-order valence-corrected chi connectivity index (χ1v) is 10.1.